The molecule has 5 rings (SSSR count). The summed E-state index contributed by atoms with van der Waals surface area (Å²) < 4.78 is 0. The van der Waals surface area contributed by atoms with Crippen molar-refractivity contribution in [2.24, 2.45) is 0 Å². The lowest BCUT2D eigenvalue weighted by atomic mass is 10.2. The number of rotatable bonds is 9. The second-order valence-corrected chi connectivity index (χ2v) is 14.8. The van der Waals surface area contributed by atoms with E-state index in [1.807, 2.05) is 30.3 Å². The molecule has 0 aliphatic carbocycles. The minimum Gasteiger partial charge on any atom is -0.504 e. The van der Waals surface area contributed by atoms with Gasteiger partial charge in [0, 0.05) is 11.7 Å². The van der Waals surface area contributed by atoms with E-state index in [0.29, 0.717) is 5.76 Å². The van der Waals surface area contributed by atoms with Crippen LogP contribution in [0, 0.1) is 0 Å². The van der Waals surface area contributed by atoms with Gasteiger partial charge < -0.3 is 5.11 Å². The van der Waals surface area contributed by atoms with Gasteiger partial charge in [-0.05, 0) is 42.8 Å². The highest BCUT2D eigenvalue weighted by molar-refractivity contribution is 7.92. The van der Waals surface area contributed by atoms with Crippen molar-refractivity contribution in [3.63, 3.8) is 0 Å². The maximum atomic E-state index is 11.5. The molecule has 5 aromatic rings. The molecule has 1 nitrogen and oxygen atoms in total. The van der Waals surface area contributed by atoms with Gasteiger partial charge in [-0.2, -0.15) is 0 Å². The Hall–Kier alpha value is -3.50. The van der Waals surface area contributed by atoms with Crippen LogP contribution >= 0.6 is 15.2 Å². The molecule has 0 saturated heterocycles. The Kier molecular flexibility index (Phi) is 8.27. The molecule has 0 unspecified atom stereocenters. The molecule has 0 radical (unpaired) electrons. The average Bonchev–Trinajstić information content (AvgIpc) is 2.99. The van der Waals surface area contributed by atoms with E-state index < -0.39 is 15.2 Å². The Morgan fingerprint density at radius 1 is 0.541 bits per heavy atom. The number of aliphatic hydroxyl groups excluding tert-OH is 1. The van der Waals surface area contributed by atoms with Crippen molar-refractivity contribution < 1.29 is 5.11 Å². The van der Waals surface area contributed by atoms with Gasteiger partial charge in [0.15, 0.2) is 5.76 Å². The maximum absolute atomic E-state index is 11.5. The topological polar surface area (TPSA) is 20.2 Å². The molecule has 0 aliphatic rings. The second-order valence-electron chi connectivity index (χ2n) is 8.97. The van der Waals surface area contributed by atoms with E-state index >= 15 is 0 Å². The molecule has 0 spiro atoms. The standard InChI is InChI=1S/C34H30OP2/c35-34(29-16-6-1-7-17-29)28-37(32-22-12-4-13-23-32,33-24-14-5-15-25-33)27-26-36(30-18-8-2-9-19-30)31-20-10-3-11-21-31/h1-25,28H,26-27H2/p+1. The van der Waals surface area contributed by atoms with E-state index in [9.17, 15) is 5.11 Å². The van der Waals surface area contributed by atoms with E-state index in [2.05, 4.69) is 127 Å². The zero-order valence-corrected chi connectivity index (χ0v) is 22.6. The highest BCUT2D eigenvalue weighted by Crippen LogP contribution is 2.60. The fraction of sp³-hybridized carbons (Fsp3) is 0.0588. The van der Waals surface area contributed by atoms with Crippen molar-refractivity contribution in [2.75, 3.05) is 12.3 Å². The lowest BCUT2D eigenvalue weighted by molar-refractivity contribution is 0.513. The largest absolute Gasteiger partial charge is 0.504 e. The van der Waals surface area contributed by atoms with E-state index in [-0.39, 0.29) is 0 Å². The Morgan fingerprint density at radius 2 is 0.919 bits per heavy atom. The van der Waals surface area contributed by atoms with Crippen molar-refractivity contribution in [3.05, 3.63) is 163 Å². The first-order valence-corrected chi connectivity index (χ1v) is 16.2. The smallest absolute Gasteiger partial charge is 0.158 e. The SMILES string of the molecule is OC(=C[P+](CCP(c1ccccc1)c1ccccc1)(c1ccccc1)c1ccccc1)c1ccccc1. The van der Waals surface area contributed by atoms with Gasteiger partial charge in [-0.1, -0.05) is 127 Å². The summed E-state index contributed by atoms with van der Waals surface area (Å²) in [6.07, 6.45) is 1.99. The van der Waals surface area contributed by atoms with Crippen LogP contribution in [0.15, 0.2) is 157 Å². The van der Waals surface area contributed by atoms with Gasteiger partial charge in [0.25, 0.3) is 0 Å². The van der Waals surface area contributed by atoms with Crippen LogP contribution < -0.4 is 21.2 Å². The summed E-state index contributed by atoms with van der Waals surface area (Å²) in [6, 6.07) is 53.3. The molecule has 3 heteroatoms. The van der Waals surface area contributed by atoms with E-state index in [1.165, 1.54) is 21.2 Å². The average molecular weight is 518 g/mol. The number of hydrogen-bond donors (Lipinski definition) is 1. The summed E-state index contributed by atoms with van der Waals surface area (Å²) in [6.45, 7) is 0. The molecule has 1 N–H and O–H groups in total. The first-order valence-electron chi connectivity index (χ1n) is 12.6. The van der Waals surface area contributed by atoms with Gasteiger partial charge >= 0.3 is 0 Å². The predicted molar refractivity (Wildman–Crippen MR) is 165 cm³/mol. The monoisotopic (exact) mass is 517 g/mol. The Morgan fingerprint density at radius 3 is 1.35 bits per heavy atom. The molecule has 0 atom stereocenters. The second kappa shape index (κ2) is 12.2. The van der Waals surface area contributed by atoms with Gasteiger partial charge in [0.2, 0.25) is 0 Å². The van der Waals surface area contributed by atoms with Crippen molar-refractivity contribution in [2.45, 2.75) is 0 Å². The summed E-state index contributed by atoms with van der Waals surface area (Å²) in [5, 5.41) is 16.8. The highest BCUT2D eigenvalue weighted by atomic mass is 31.2. The zero-order valence-electron chi connectivity index (χ0n) is 20.8. The molecule has 0 saturated carbocycles. The summed E-state index contributed by atoms with van der Waals surface area (Å²) in [7, 11) is -2.67. The minimum absolute atomic E-state index is 0.352. The third kappa shape index (κ3) is 5.91. The molecule has 37 heavy (non-hydrogen) atoms. The van der Waals surface area contributed by atoms with Crippen LogP contribution in [0.5, 0.6) is 0 Å². The van der Waals surface area contributed by atoms with Crippen LogP contribution in [0.2, 0.25) is 0 Å². The molecule has 5 aromatic carbocycles. The van der Waals surface area contributed by atoms with Crippen molar-refractivity contribution in [1.82, 2.24) is 0 Å². The molecule has 0 heterocycles. The normalized spacial score (nSPS) is 12.0. The van der Waals surface area contributed by atoms with Gasteiger partial charge in [-0.3, -0.25) is 0 Å². The van der Waals surface area contributed by atoms with Crippen LogP contribution in [0.3, 0.4) is 0 Å². The molecule has 0 aliphatic heterocycles. The van der Waals surface area contributed by atoms with Crippen LogP contribution in [-0.4, -0.2) is 17.4 Å². The number of hydrogen-bond acceptors (Lipinski definition) is 1. The van der Waals surface area contributed by atoms with Gasteiger partial charge in [0.1, 0.15) is 23.7 Å². The Balaban J connectivity index is 1.65. The summed E-state index contributed by atoms with van der Waals surface area (Å²) in [5.74, 6) is 2.54. The quantitative estimate of drug-likeness (QED) is 0.160. The third-order valence-electron chi connectivity index (χ3n) is 6.66. The summed E-state index contributed by atoms with van der Waals surface area (Å²) >= 11 is 0. The van der Waals surface area contributed by atoms with Crippen LogP contribution in [0.4, 0.5) is 0 Å². The maximum Gasteiger partial charge on any atom is 0.158 e. The number of benzene rings is 5. The Bertz CT molecular complexity index is 1320. The highest BCUT2D eigenvalue weighted by Gasteiger charge is 2.42. The predicted octanol–water partition coefficient (Wildman–Crippen LogP) is 7.34. The molecular formula is C34H31OP2+. The molecule has 0 bridgehead atoms. The Labute approximate surface area is 222 Å². The lowest BCUT2D eigenvalue weighted by Crippen LogP contribution is -2.26. The third-order valence-corrected chi connectivity index (χ3v) is 13.6. The van der Waals surface area contributed by atoms with Crippen LogP contribution in [0.25, 0.3) is 5.76 Å². The summed E-state index contributed by atoms with van der Waals surface area (Å²) in [5.41, 5.74) is 0.854. The molecule has 182 valence electrons. The van der Waals surface area contributed by atoms with Crippen LogP contribution in [0.1, 0.15) is 5.56 Å². The lowest BCUT2D eigenvalue weighted by Gasteiger charge is -2.27. The van der Waals surface area contributed by atoms with Crippen molar-refractivity contribution in [1.29, 1.82) is 0 Å². The molecule has 0 aromatic heterocycles. The van der Waals surface area contributed by atoms with Crippen LogP contribution in [-0.2, 0) is 0 Å². The van der Waals surface area contributed by atoms with Gasteiger partial charge in [-0.15, -0.1) is 0 Å². The fourth-order valence-electron chi connectivity index (χ4n) is 4.78. The van der Waals surface area contributed by atoms with E-state index in [0.717, 1.165) is 17.9 Å². The molecular weight excluding hydrogens is 486 g/mol. The first-order chi connectivity index (χ1) is 18.3. The van der Waals surface area contributed by atoms with Crippen molar-refractivity contribution >= 4 is 42.2 Å². The molecule has 0 fully saturated rings. The van der Waals surface area contributed by atoms with Crippen molar-refractivity contribution in [3.8, 4) is 0 Å². The first kappa shape index (κ1) is 25.2. The fourth-order valence-corrected chi connectivity index (χ4v) is 11.9. The molecule has 0 amide bonds. The minimum atomic E-state index is -2.11. The zero-order chi connectivity index (χ0) is 25.3. The summed E-state index contributed by atoms with van der Waals surface area (Å²) in [4.78, 5) is 0. The van der Waals surface area contributed by atoms with Gasteiger partial charge in [0.05, 0.1) is 6.16 Å². The van der Waals surface area contributed by atoms with E-state index in [4.69, 9.17) is 0 Å². The van der Waals surface area contributed by atoms with Gasteiger partial charge in [-0.25, -0.2) is 0 Å². The van der Waals surface area contributed by atoms with E-state index in [1.54, 1.807) is 0 Å². The number of aliphatic hydroxyl groups is 1.